The normalized spacial score (nSPS) is 34.1. The second-order valence-corrected chi connectivity index (χ2v) is 6.76. The molecular weight excluding hydrogens is 240 g/mol. The van der Waals surface area contributed by atoms with E-state index in [4.69, 9.17) is 15.3 Å². The molecule has 3 N–H and O–H groups in total. The maximum atomic E-state index is 6.05. The summed E-state index contributed by atoms with van der Waals surface area (Å²) in [4.78, 5) is 0. The summed E-state index contributed by atoms with van der Waals surface area (Å²) in [6.07, 6.45) is 10.9. The van der Waals surface area contributed by atoms with Crippen molar-refractivity contribution in [1.82, 2.24) is 5.43 Å². The van der Waals surface area contributed by atoms with E-state index in [0.29, 0.717) is 5.92 Å². The van der Waals surface area contributed by atoms with Gasteiger partial charge in [-0.1, -0.05) is 12.8 Å². The molecule has 0 amide bonds. The zero-order valence-corrected chi connectivity index (χ0v) is 12.1. The van der Waals surface area contributed by atoms with Crippen molar-refractivity contribution in [2.75, 3.05) is 13.7 Å². The minimum atomic E-state index is -0.0400. The van der Waals surface area contributed by atoms with E-state index in [1.165, 1.54) is 32.1 Å². The van der Waals surface area contributed by atoms with Crippen molar-refractivity contribution in [1.29, 1.82) is 0 Å². The standard InChI is InChI=1S/C15H28N2O2/c1-18-15(8-2-3-9-15)13(17-16)12-5-10-19-14(11-12)6-4-7-14/h12-13,17H,2-11,16H2,1H3. The fourth-order valence-electron chi connectivity index (χ4n) is 4.60. The van der Waals surface area contributed by atoms with Crippen LogP contribution < -0.4 is 11.3 Å². The Hall–Kier alpha value is -0.160. The van der Waals surface area contributed by atoms with Crippen LogP contribution in [0.2, 0.25) is 0 Å². The van der Waals surface area contributed by atoms with Crippen molar-refractivity contribution in [2.45, 2.75) is 75.0 Å². The molecule has 0 radical (unpaired) electrons. The highest BCUT2D eigenvalue weighted by Crippen LogP contribution is 2.48. The van der Waals surface area contributed by atoms with Gasteiger partial charge in [0.1, 0.15) is 0 Å². The highest BCUT2D eigenvalue weighted by molar-refractivity contribution is 5.03. The Morgan fingerprint density at radius 2 is 1.95 bits per heavy atom. The molecule has 0 aromatic rings. The Morgan fingerprint density at radius 1 is 1.21 bits per heavy atom. The lowest BCUT2D eigenvalue weighted by atomic mass is 9.68. The predicted molar refractivity (Wildman–Crippen MR) is 74.6 cm³/mol. The number of nitrogens with one attached hydrogen (secondary N) is 1. The van der Waals surface area contributed by atoms with Crippen LogP contribution >= 0.6 is 0 Å². The maximum Gasteiger partial charge on any atom is 0.0847 e. The maximum absolute atomic E-state index is 6.05. The van der Waals surface area contributed by atoms with E-state index in [1.807, 2.05) is 7.11 Å². The highest BCUT2D eigenvalue weighted by Gasteiger charge is 2.50. The van der Waals surface area contributed by atoms with Gasteiger partial charge in [-0.15, -0.1) is 0 Å². The zero-order valence-electron chi connectivity index (χ0n) is 12.1. The van der Waals surface area contributed by atoms with E-state index in [2.05, 4.69) is 5.43 Å². The number of ether oxygens (including phenoxy) is 2. The average molecular weight is 268 g/mol. The number of nitrogens with two attached hydrogens (primary N) is 1. The molecule has 0 aromatic carbocycles. The lowest BCUT2D eigenvalue weighted by Crippen LogP contribution is -2.60. The van der Waals surface area contributed by atoms with Gasteiger partial charge in [-0.05, 0) is 50.9 Å². The first-order valence-corrected chi connectivity index (χ1v) is 7.89. The summed E-state index contributed by atoms with van der Waals surface area (Å²) >= 11 is 0. The summed E-state index contributed by atoms with van der Waals surface area (Å²) in [6, 6.07) is 0.279. The molecule has 2 atom stereocenters. The molecule has 1 saturated heterocycles. The number of rotatable bonds is 4. The largest absolute Gasteiger partial charge is 0.377 e. The van der Waals surface area contributed by atoms with Gasteiger partial charge in [-0.3, -0.25) is 11.3 Å². The second-order valence-electron chi connectivity index (χ2n) is 6.76. The Bertz CT molecular complexity index is 311. The van der Waals surface area contributed by atoms with E-state index in [9.17, 15) is 0 Å². The molecule has 2 saturated carbocycles. The topological polar surface area (TPSA) is 56.5 Å². The summed E-state index contributed by atoms with van der Waals surface area (Å²) in [5, 5.41) is 0. The number of hydrogen-bond acceptors (Lipinski definition) is 4. The van der Waals surface area contributed by atoms with Gasteiger partial charge in [0.05, 0.1) is 17.2 Å². The summed E-state index contributed by atoms with van der Waals surface area (Å²) in [6.45, 7) is 0.892. The van der Waals surface area contributed by atoms with Crippen LogP contribution in [0.3, 0.4) is 0 Å². The first-order valence-electron chi connectivity index (χ1n) is 7.89. The van der Waals surface area contributed by atoms with Crippen molar-refractivity contribution in [2.24, 2.45) is 11.8 Å². The molecule has 2 unspecified atom stereocenters. The molecule has 4 heteroatoms. The van der Waals surface area contributed by atoms with Gasteiger partial charge >= 0.3 is 0 Å². The fraction of sp³-hybridized carbons (Fsp3) is 1.00. The van der Waals surface area contributed by atoms with Gasteiger partial charge in [0.25, 0.3) is 0 Å². The molecule has 1 spiro atoms. The van der Waals surface area contributed by atoms with Gasteiger partial charge in [-0.25, -0.2) is 0 Å². The third-order valence-electron chi connectivity index (χ3n) is 5.87. The van der Waals surface area contributed by atoms with Crippen LogP contribution in [0.25, 0.3) is 0 Å². The Kier molecular flexibility index (Phi) is 3.87. The fourth-order valence-corrected chi connectivity index (χ4v) is 4.60. The summed E-state index contributed by atoms with van der Waals surface area (Å²) in [5.41, 5.74) is 3.26. The van der Waals surface area contributed by atoms with E-state index in [-0.39, 0.29) is 17.2 Å². The lowest BCUT2D eigenvalue weighted by molar-refractivity contribution is -0.160. The third-order valence-corrected chi connectivity index (χ3v) is 5.87. The summed E-state index contributed by atoms with van der Waals surface area (Å²) in [7, 11) is 1.86. The molecule has 3 rings (SSSR count). The van der Waals surface area contributed by atoms with Crippen molar-refractivity contribution in [3.63, 3.8) is 0 Å². The van der Waals surface area contributed by atoms with E-state index in [1.54, 1.807) is 0 Å². The second kappa shape index (κ2) is 5.32. The lowest BCUT2D eigenvalue weighted by Gasteiger charge is -2.51. The summed E-state index contributed by atoms with van der Waals surface area (Å²) in [5.74, 6) is 6.52. The molecule has 3 aliphatic rings. The highest BCUT2D eigenvalue weighted by atomic mass is 16.5. The molecule has 0 aromatic heterocycles. The minimum absolute atomic E-state index is 0.0400. The van der Waals surface area contributed by atoms with Gasteiger partial charge in [0, 0.05) is 13.7 Å². The van der Waals surface area contributed by atoms with Crippen LogP contribution in [0.4, 0.5) is 0 Å². The smallest absolute Gasteiger partial charge is 0.0847 e. The van der Waals surface area contributed by atoms with Crippen LogP contribution in [-0.4, -0.2) is 31.0 Å². The first-order chi connectivity index (χ1) is 9.24. The van der Waals surface area contributed by atoms with Gasteiger partial charge in [0.15, 0.2) is 0 Å². The first kappa shape index (κ1) is 13.8. The van der Waals surface area contributed by atoms with E-state index >= 15 is 0 Å². The Balaban J connectivity index is 1.74. The van der Waals surface area contributed by atoms with Crippen LogP contribution in [0.15, 0.2) is 0 Å². The number of hydrazine groups is 1. The molecule has 110 valence electrons. The predicted octanol–water partition coefficient (Wildman–Crippen LogP) is 2.13. The van der Waals surface area contributed by atoms with Crippen LogP contribution in [0, 0.1) is 5.92 Å². The van der Waals surface area contributed by atoms with Gasteiger partial charge in [0.2, 0.25) is 0 Å². The minimum Gasteiger partial charge on any atom is -0.377 e. The van der Waals surface area contributed by atoms with Crippen molar-refractivity contribution >= 4 is 0 Å². The van der Waals surface area contributed by atoms with Crippen LogP contribution in [0.5, 0.6) is 0 Å². The SMILES string of the molecule is COC1(C(NN)C2CCOC3(CCC3)C2)CCCC1. The van der Waals surface area contributed by atoms with E-state index < -0.39 is 0 Å². The molecule has 19 heavy (non-hydrogen) atoms. The molecular formula is C15H28N2O2. The third kappa shape index (κ3) is 2.33. The van der Waals surface area contributed by atoms with Crippen molar-refractivity contribution in [3.8, 4) is 0 Å². The molecule has 1 heterocycles. The van der Waals surface area contributed by atoms with Crippen molar-refractivity contribution < 1.29 is 9.47 Å². The zero-order chi connectivity index (χ0) is 13.3. The van der Waals surface area contributed by atoms with Gasteiger partial charge < -0.3 is 9.47 Å². The van der Waals surface area contributed by atoms with Gasteiger partial charge in [-0.2, -0.15) is 0 Å². The molecule has 4 nitrogen and oxygen atoms in total. The Labute approximate surface area is 116 Å². The van der Waals surface area contributed by atoms with Crippen molar-refractivity contribution in [3.05, 3.63) is 0 Å². The molecule has 2 aliphatic carbocycles. The van der Waals surface area contributed by atoms with E-state index in [0.717, 1.165) is 32.3 Å². The number of hydrogen-bond donors (Lipinski definition) is 2. The van der Waals surface area contributed by atoms with Crippen LogP contribution in [-0.2, 0) is 9.47 Å². The average Bonchev–Trinajstić information content (AvgIpc) is 2.88. The molecule has 1 aliphatic heterocycles. The van der Waals surface area contributed by atoms with Crippen LogP contribution in [0.1, 0.15) is 57.8 Å². The molecule has 3 fully saturated rings. The monoisotopic (exact) mass is 268 g/mol. The Morgan fingerprint density at radius 3 is 2.47 bits per heavy atom. The quantitative estimate of drug-likeness (QED) is 0.606. The molecule has 0 bridgehead atoms. The summed E-state index contributed by atoms with van der Waals surface area (Å²) < 4.78 is 12.0. The number of methoxy groups -OCH3 is 1.